The van der Waals surface area contributed by atoms with Gasteiger partial charge in [-0.1, -0.05) is 20.3 Å². The highest BCUT2D eigenvalue weighted by Crippen LogP contribution is 2.04. The summed E-state index contributed by atoms with van der Waals surface area (Å²) in [6.07, 6.45) is 3.71. The molecule has 0 radical (unpaired) electrons. The molecule has 0 aromatic rings. The molecule has 0 bridgehead atoms. The fraction of sp³-hybridized carbons (Fsp3) is 1.00. The van der Waals surface area contributed by atoms with Crippen LogP contribution in [0.4, 0.5) is 0 Å². The Balaban J connectivity index is 3.76. The van der Waals surface area contributed by atoms with Crippen molar-refractivity contribution in [3.63, 3.8) is 0 Å². The van der Waals surface area contributed by atoms with E-state index in [0.29, 0.717) is 12.1 Å². The Morgan fingerprint density at radius 1 is 1.00 bits per heavy atom. The molecule has 0 spiro atoms. The van der Waals surface area contributed by atoms with Gasteiger partial charge in [-0.15, -0.1) is 0 Å². The maximum absolute atomic E-state index is 3.34. The van der Waals surface area contributed by atoms with E-state index in [-0.39, 0.29) is 0 Å². The topological polar surface area (TPSA) is 24.1 Å². The van der Waals surface area contributed by atoms with Crippen LogP contribution in [-0.2, 0) is 0 Å². The Labute approximate surface area is 70.8 Å². The molecule has 2 heteroatoms. The second kappa shape index (κ2) is 6.62. The van der Waals surface area contributed by atoms with Gasteiger partial charge in [-0.05, 0) is 26.9 Å². The van der Waals surface area contributed by atoms with Crippen LogP contribution in [0.15, 0.2) is 0 Å². The lowest BCUT2D eigenvalue weighted by molar-refractivity contribution is 0.376. The second-order valence-corrected chi connectivity index (χ2v) is 2.99. The van der Waals surface area contributed by atoms with Gasteiger partial charge in [0.2, 0.25) is 0 Å². The first kappa shape index (κ1) is 10.9. The predicted octanol–water partition coefficient (Wildman–Crippen LogP) is 1.37. The normalized spacial score (nSPS) is 16.4. The highest BCUT2D eigenvalue weighted by atomic mass is 15.0. The van der Waals surface area contributed by atoms with Gasteiger partial charge in [0.15, 0.2) is 0 Å². The first-order chi connectivity index (χ1) is 5.29. The van der Waals surface area contributed by atoms with Gasteiger partial charge in [-0.25, -0.2) is 0 Å². The van der Waals surface area contributed by atoms with E-state index < -0.39 is 0 Å². The monoisotopic (exact) mass is 158 g/mol. The molecule has 2 N–H and O–H groups in total. The van der Waals surface area contributed by atoms with Crippen molar-refractivity contribution >= 4 is 0 Å². The zero-order valence-corrected chi connectivity index (χ0v) is 8.28. The van der Waals surface area contributed by atoms with Gasteiger partial charge in [0, 0.05) is 12.1 Å². The molecule has 0 fully saturated rings. The van der Waals surface area contributed by atoms with Crippen LogP contribution in [0.25, 0.3) is 0 Å². The van der Waals surface area contributed by atoms with Crippen LogP contribution in [-0.4, -0.2) is 26.2 Å². The molecular formula is C9H22N2. The third kappa shape index (κ3) is 3.73. The summed E-state index contributed by atoms with van der Waals surface area (Å²) in [4.78, 5) is 0. The summed E-state index contributed by atoms with van der Waals surface area (Å²) in [7, 11) is 4.08. The van der Waals surface area contributed by atoms with E-state index >= 15 is 0 Å². The van der Waals surface area contributed by atoms with Gasteiger partial charge in [-0.3, -0.25) is 0 Å². The van der Waals surface area contributed by atoms with Crippen molar-refractivity contribution < 1.29 is 0 Å². The molecule has 2 nitrogen and oxygen atoms in total. The van der Waals surface area contributed by atoms with Crippen LogP contribution < -0.4 is 10.6 Å². The molecule has 0 aliphatic carbocycles. The Morgan fingerprint density at radius 3 is 1.82 bits per heavy atom. The third-order valence-electron chi connectivity index (χ3n) is 2.27. The summed E-state index contributed by atoms with van der Waals surface area (Å²) < 4.78 is 0. The van der Waals surface area contributed by atoms with Gasteiger partial charge in [0.05, 0.1) is 0 Å². The standard InChI is InChI=1S/C9H22N2/c1-5-7-9(11-4)8(6-2)10-3/h8-11H,5-7H2,1-4H3. The average molecular weight is 158 g/mol. The highest BCUT2D eigenvalue weighted by molar-refractivity contribution is 4.78. The summed E-state index contributed by atoms with van der Waals surface area (Å²) >= 11 is 0. The van der Waals surface area contributed by atoms with E-state index in [0.717, 1.165) is 0 Å². The Kier molecular flexibility index (Phi) is 6.57. The highest BCUT2D eigenvalue weighted by Gasteiger charge is 2.14. The van der Waals surface area contributed by atoms with Crippen molar-refractivity contribution in [2.75, 3.05) is 14.1 Å². The number of hydrogen-bond donors (Lipinski definition) is 2. The minimum atomic E-state index is 0.625. The maximum Gasteiger partial charge on any atom is 0.0217 e. The summed E-state index contributed by atoms with van der Waals surface area (Å²) in [6.45, 7) is 4.45. The van der Waals surface area contributed by atoms with E-state index in [1.165, 1.54) is 19.3 Å². The van der Waals surface area contributed by atoms with Crippen molar-refractivity contribution in [2.24, 2.45) is 0 Å². The predicted molar refractivity (Wildman–Crippen MR) is 50.9 cm³/mol. The zero-order chi connectivity index (χ0) is 8.69. The zero-order valence-electron chi connectivity index (χ0n) is 8.28. The lowest BCUT2D eigenvalue weighted by atomic mass is 10.0. The van der Waals surface area contributed by atoms with Crippen molar-refractivity contribution in [1.29, 1.82) is 0 Å². The van der Waals surface area contributed by atoms with Crippen molar-refractivity contribution in [1.82, 2.24) is 10.6 Å². The Hall–Kier alpha value is -0.0800. The SMILES string of the molecule is CCCC(NC)C(CC)NC. The Morgan fingerprint density at radius 2 is 1.55 bits per heavy atom. The van der Waals surface area contributed by atoms with Gasteiger partial charge in [-0.2, -0.15) is 0 Å². The average Bonchev–Trinajstić information content (AvgIpc) is 2.05. The number of rotatable bonds is 6. The van der Waals surface area contributed by atoms with Gasteiger partial charge in [0.1, 0.15) is 0 Å². The summed E-state index contributed by atoms with van der Waals surface area (Å²) in [6, 6.07) is 1.26. The minimum Gasteiger partial charge on any atom is -0.315 e. The molecule has 0 saturated carbocycles. The minimum absolute atomic E-state index is 0.625. The third-order valence-corrected chi connectivity index (χ3v) is 2.27. The molecule has 0 aliphatic rings. The molecule has 2 unspecified atom stereocenters. The summed E-state index contributed by atoms with van der Waals surface area (Å²) in [5.41, 5.74) is 0. The second-order valence-electron chi connectivity index (χ2n) is 2.99. The van der Waals surface area contributed by atoms with Crippen LogP contribution in [0.1, 0.15) is 33.1 Å². The fourth-order valence-electron chi connectivity index (χ4n) is 1.55. The lowest BCUT2D eigenvalue weighted by Crippen LogP contribution is -2.44. The molecule has 0 aromatic heterocycles. The van der Waals surface area contributed by atoms with E-state index in [1.807, 2.05) is 14.1 Å². The summed E-state index contributed by atoms with van der Waals surface area (Å²) in [5, 5.41) is 6.67. The lowest BCUT2D eigenvalue weighted by Gasteiger charge is -2.24. The molecule has 0 saturated heterocycles. The molecular weight excluding hydrogens is 136 g/mol. The van der Waals surface area contributed by atoms with Crippen LogP contribution in [0, 0.1) is 0 Å². The molecule has 0 aliphatic heterocycles. The van der Waals surface area contributed by atoms with Crippen LogP contribution in [0.3, 0.4) is 0 Å². The van der Waals surface area contributed by atoms with Gasteiger partial charge in [0.25, 0.3) is 0 Å². The first-order valence-electron chi connectivity index (χ1n) is 4.64. The molecule has 2 atom stereocenters. The van der Waals surface area contributed by atoms with Crippen molar-refractivity contribution in [3.05, 3.63) is 0 Å². The van der Waals surface area contributed by atoms with Crippen molar-refractivity contribution in [3.8, 4) is 0 Å². The maximum atomic E-state index is 3.34. The molecule has 0 aromatic carbocycles. The molecule has 0 amide bonds. The molecule has 0 rings (SSSR count). The van der Waals surface area contributed by atoms with Crippen LogP contribution in [0.5, 0.6) is 0 Å². The van der Waals surface area contributed by atoms with Crippen LogP contribution in [0.2, 0.25) is 0 Å². The van der Waals surface area contributed by atoms with Gasteiger partial charge < -0.3 is 10.6 Å². The number of likely N-dealkylation sites (N-methyl/N-ethyl adjacent to an activating group) is 2. The van der Waals surface area contributed by atoms with Gasteiger partial charge >= 0.3 is 0 Å². The quantitative estimate of drug-likeness (QED) is 0.610. The van der Waals surface area contributed by atoms with Crippen molar-refractivity contribution in [2.45, 2.75) is 45.2 Å². The Bertz CT molecular complexity index is 79.6. The molecule has 11 heavy (non-hydrogen) atoms. The van der Waals surface area contributed by atoms with E-state index in [1.54, 1.807) is 0 Å². The smallest absolute Gasteiger partial charge is 0.0217 e. The van der Waals surface area contributed by atoms with E-state index in [4.69, 9.17) is 0 Å². The molecule has 0 heterocycles. The fourth-order valence-corrected chi connectivity index (χ4v) is 1.55. The number of hydrogen-bond acceptors (Lipinski definition) is 2. The molecule has 68 valence electrons. The number of nitrogens with one attached hydrogen (secondary N) is 2. The van der Waals surface area contributed by atoms with Crippen LogP contribution >= 0.6 is 0 Å². The van der Waals surface area contributed by atoms with E-state index in [2.05, 4.69) is 24.5 Å². The van der Waals surface area contributed by atoms with E-state index in [9.17, 15) is 0 Å². The largest absolute Gasteiger partial charge is 0.315 e. The summed E-state index contributed by atoms with van der Waals surface area (Å²) in [5.74, 6) is 0. The first-order valence-corrected chi connectivity index (χ1v) is 4.64.